The number of hydrogen-bond donors (Lipinski definition) is 1. The molecule has 0 aliphatic carbocycles. The first-order valence-corrected chi connectivity index (χ1v) is 6.50. The molecule has 2 heterocycles. The van der Waals surface area contributed by atoms with Gasteiger partial charge in [-0.05, 0) is 47.1 Å². The van der Waals surface area contributed by atoms with E-state index in [1.807, 2.05) is 13.8 Å². The summed E-state index contributed by atoms with van der Waals surface area (Å²) < 4.78 is 7.27. The molecule has 0 aromatic carbocycles. The fraction of sp³-hybridized carbons (Fsp3) is 0.571. The van der Waals surface area contributed by atoms with Crippen LogP contribution in [-0.4, -0.2) is 20.3 Å². The van der Waals surface area contributed by atoms with Gasteiger partial charge in [-0.1, -0.05) is 0 Å². The minimum atomic E-state index is 0.0634. The van der Waals surface area contributed by atoms with E-state index in [1.165, 1.54) is 5.56 Å². The van der Waals surface area contributed by atoms with Crippen LogP contribution in [-0.2, 0) is 6.54 Å². The average Bonchev–Trinajstić information content (AvgIpc) is 2.87. The van der Waals surface area contributed by atoms with Gasteiger partial charge in [0.05, 0.1) is 11.4 Å². The van der Waals surface area contributed by atoms with E-state index in [4.69, 9.17) is 4.42 Å². The predicted octanol–water partition coefficient (Wildman–Crippen LogP) is 2.67. The van der Waals surface area contributed by atoms with E-state index < -0.39 is 0 Å². The van der Waals surface area contributed by atoms with Crippen LogP contribution in [0.15, 0.2) is 10.7 Å². The van der Waals surface area contributed by atoms with E-state index in [1.54, 1.807) is 10.9 Å². The second-order valence-corrected chi connectivity index (χ2v) is 5.93. The van der Waals surface area contributed by atoms with E-state index in [0.717, 1.165) is 17.1 Å². The Morgan fingerprint density at radius 3 is 2.47 bits per heavy atom. The molecule has 0 atom stereocenters. The molecule has 0 spiro atoms. The molecular formula is C14H22N4O. The highest BCUT2D eigenvalue weighted by molar-refractivity contribution is 5.27. The molecule has 0 amide bonds. The molecule has 0 unspecified atom stereocenters. The maximum Gasteiger partial charge on any atom is 0.323 e. The number of hydrogen-bond acceptors (Lipinski definition) is 4. The molecule has 5 nitrogen and oxygen atoms in total. The molecule has 0 bridgehead atoms. The minimum Gasteiger partial charge on any atom is -0.430 e. The lowest BCUT2D eigenvalue weighted by atomic mass is 10.1. The first-order valence-electron chi connectivity index (χ1n) is 6.50. The fourth-order valence-corrected chi connectivity index (χ4v) is 1.74. The lowest BCUT2D eigenvalue weighted by Crippen LogP contribution is -2.35. The van der Waals surface area contributed by atoms with Crippen molar-refractivity contribution in [1.82, 2.24) is 20.1 Å². The van der Waals surface area contributed by atoms with Gasteiger partial charge in [-0.25, -0.2) is 0 Å². The molecule has 2 aromatic rings. The number of aryl methyl sites for hydroxylation is 1. The second kappa shape index (κ2) is 4.81. The highest BCUT2D eigenvalue weighted by Crippen LogP contribution is 2.16. The molecule has 5 heteroatoms. The normalized spacial score (nSPS) is 12.1. The lowest BCUT2D eigenvalue weighted by molar-refractivity contribution is 0.420. The summed E-state index contributed by atoms with van der Waals surface area (Å²) >= 11 is 0. The number of aromatic nitrogens is 3. The summed E-state index contributed by atoms with van der Waals surface area (Å²) in [4.78, 5) is 4.47. The Morgan fingerprint density at radius 1 is 1.26 bits per heavy atom. The molecule has 0 radical (unpaired) electrons. The Kier molecular flexibility index (Phi) is 3.49. The van der Waals surface area contributed by atoms with Gasteiger partial charge >= 0.3 is 6.01 Å². The summed E-state index contributed by atoms with van der Waals surface area (Å²) in [6, 6.07) is 0.527. The van der Waals surface area contributed by atoms with Gasteiger partial charge in [0.25, 0.3) is 0 Å². The van der Waals surface area contributed by atoms with Crippen LogP contribution in [0.5, 0.6) is 0 Å². The number of oxazole rings is 1. The maximum absolute atomic E-state index is 5.51. The molecule has 2 aromatic heterocycles. The number of nitrogens with zero attached hydrogens (tertiary/aromatic N) is 3. The van der Waals surface area contributed by atoms with Crippen molar-refractivity contribution >= 4 is 0 Å². The second-order valence-electron chi connectivity index (χ2n) is 5.93. The Morgan fingerprint density at radius 2 is 1.95 bits per heavy atom. The van der Waals surface area contributed by atoms with Crippen LogP contribution in [0.1, 0.15) is 43.4 Å². The fourth-order valence-electron chi connectivity index (χ4n) is 1.74. The van der Waals surface area contributed by atoms with Crippen LogP contribution in [0.4, 0.5) is 0 Å². The Balaban J connectivity index is 2.19. The summed E-state index contributed by atoms with van der Waals surface area (Å²) in [6.07, 6.45) is 1.68. The monoisotopic (exact) mass is 262 g/mol. The van der Waals surface area contributed by atoms with Gasteiger partial charge in [0.1, 0.15) is 6.26 Å². The molecule has 104 valence electrons. The van der Waals surface area contributed by atoms with Gasteiger partial charge in [0.2, 0.25) is 0 Å². The molecule has 0 saturated carbocycles. The topological polar surface area (TPSA) is 55.9 Å². The minimum absolute atomic E-state index is 0.0634. The zero-order chi connectivity index (χ0) is 14.2. The van der Waals surface area contributed by atoms with Crippen LogP contribution < -0.4 is 5.32 Å². The number of rotatable bonds is 3. The molecule has 19 heavy (non-hydrogen) atoms. The van der Waals surface area contributed by atoms with E-state index in [-0.39, 0.29) is 5.54 Å². The van der Waals surface area contributed by atoms with Crippen molar-refractivity contribution in [3.8, 4) is 6.01 Å². The molecule has 0 fully saturated rings. The maximum atomic E-state index is 5.51. The summed E-state index contributed by atoms with van der Waals surface area (Å²) in [7, 11) is 0. The zero-order valence-electron chi connectivity index (χ0n) is 12.5. The molecule has 0 aliphatic heterocycles. The van der Waals surface area contributed by atoms with Crippen LogP contribution >= 0.6 is 0 Å². The lowest BCUT2D eigenvalue weighted by Gasteiger charge is -2.19. The van der Waals surface area contributed by atoms with Gasteiger partial charge in [-0.3, -0.25) is 0 Å². The van der Waals surface area contributed by atoms with Crippen LogP contribution in [0.2, 0.25) is 0 Å². The van der Waals surface area contributed by atoms with Gasteiger partial charge in [-0.2, -0.15) is 14.8 Å². The first kappa shape index (κ1) is 13.8. The van der Waals surface area contributed by atoms with E-state index >= 15 is 0 Å². The summed E-state index contributed by atoms with van der Waals surface area (Å²) in [5, 5.41) is 7.82. The molecule has 0 aliphatic rings. The third-order valence-electron chi connectivity index (χ3n) is 3.17. The smallest absolute Gasteiger partial charge is 0.323 e. The van der Waals surface area contributed by atoms with Crippen molar-refractivity contribution < 1.29 is 4.42 Å². The largest absolute Gasteiger partial charge is 0.430 e. The summed E-state index contributed by atoms with van der Waals surface area (Å²) in [6.45, 7) is 13.1. The van der Waals surface area contributed by atoms with Crippen LogP contribution in [0.3, 0.4) is 0 Å². The molecule has 2 rings (SSSR count). The molecule has 1 N–H and O–H groups in total. The molecular weight excluding hydrogens is 240 g/mol. The Labute approximate surface area is 114 Å². The van der Waals surface area contributed by atoms with E-state index in [9.17, 15) is 0 Å². The zero-order valence-corrected chi connectivity index (χ0v) is 12.5. The highest BCUT2D eigenvalue weighted by atomic mass is 16.4. The summed E-state index contributed by atoms with van der Waals surface area (Å²) in [5.41, 5.74) is 4.19. The van der Waals surface area contributed by atoms with Gasteiger partial charge < -0.3 is 9.73 Å². The number of nitrogens with one attached hydrogen (secondary N) is 1. The predicted molar refractivity (Wildman–Crippen MR) is 74.4 cm³/mol. The van der Waals surface area contributed by atoms with Crippen molar-refractivity contribution in [3.05, 3.63) is 28.9 Å². The Hall–Kier alpha value is -1.62. The average molecular weight is 262 g/mol. The van der Waals surface area contributed by atoms with Crippen molar-refractivity contribution in [1.29, 1.82) is 0 Å². The first-order chi connectivity index (χ1) is 8.78. The van der Waals surface area contributed by atoms with Crippen molar-refractivity contribution in [2.24, 2.45) is 0 Å². The standard InChI is InChI=1S/C14H22N4O/c1-9-10(2)17-18(11(9)3)13-16-12(8-19-13)7-15-14(4,5)6/h8,15H,7H2,1-6H3. The third-order valence-corrected chi connectivity index (χ3v) is 3.17. The molecule has 0 saturated heterocycles. The Bertz CT molecular complexity index is 575. The van der Waals surface area contributed by atoms with Gasteiger partial charge in [0.15, 0.2) is 0 Å². The van der Waals surface area contributed by atoms with Crippen molar-refractivity contribution in [3.63, 3.8) is 0 Å². The SMILES string of the molecule is Cc1nn(-c2nc(CNC(C)(C)C)co2)c(C)c1C. The van der Waals surface area contributed by atoms with Crippen LogP contribution in [0, 0.1) is 20.8 Å². The van der Waals surface area contributed by atoms with E-state index in [2.05, 4.69) is 43.1 Å². The van der Waals surface area contributed by atoms with E-state index in [0.29, 0.717) is 12.6 Å². The van der Waals surface area contributed by atoms with Crippen LogP contribution in [0.25, 0.3) is 6.01 Å². The van der Waals surface area contributed by atoms with Gasteiger partial charge in [0, 0.05) is 17.8 Å². The van der Waals surface area contributed by atoms with Crippen molar-refractivity contribution in [2.75, 3.05) is 0 Å². The van der Waals surface area contributed by atoms with Gasteiger partial charge in [-0.15, -0.1) is 0 Å². The quantitative estimate of drug-likeness (QED) is 0.924. The highest BCUT2D eigenvalue weighted by Gasteiger charge is 2.15. The van der Waals surface area contributed by atoms with Crippen molar-refractivity contribution in [2.45, 2.75) is 53.6 Å². The summed E-state index contributed by atoms with van der Waals surface area (Å²) in [5.74, 6) is 0. The third kappa shape index (κ3) is 3.04.